The fourth-order valence-corrected chi connectivity index (χ4v) is 1.83. The minimum absolute atomic E-state index is 0.0699. The Morgan fingerprint density at radius 2 is 2.27 bits per heavy atom. The maximum atomic E-state index is 8.45. The van der Waals surface area contributed by atoms with Gasteiger partial charge in [0.2, 0.25) is 0 Å². The lowest BCUT2D eigenvalue weighted by molar-refractivity contribution is 0.0847. The molecule has 3 nitrogen and oxygen atoms in total. The molecule has 1 aliphatic rings. The summed E-state index contributed by atoms with van der Waals surface area (Å²) in [4.78, 5) is 0. The first-order chi connectivity index (χ1) is 7.11. The summed E-state index contributed by atoms with van der Waals surface area (Å²) in [6.45, 7) is 4.19. The molecule has 1 N–H and O–H groups in total. The van der Waals surface area contributed by atoms with Crippen molar-refractivity contribution < 1.29 is 9.94 Å². The van der Waals surface area contributed by atoms with Crippen LogP contribution in [0.25, 0.3) is 0 Å². The van der Waals surface area contributed by atoms with Gasteiger partial charge in [0.1, 0.15) is 11.4 Å². The third-order valence-corrected chi connectivity index (χ3v) is 2.67. The largest absolute Gasteiger partial charge is 0.488 e. The molecule has 1 aromatic carbocycles. The van der Waals surface area contributed by atoms with Crippen LogP contribution in [0.3, 0.4) is 0 Å². The van der Waals surface area contributed by atoms with Crippen molar-refractivity contribution in [3.8, 4) is 5.75 Å². The molecule has 1 aliphatic heterocycles. The lowest BCUT2D eigenvalue weighted by Crippen LogP contribution is -2.32. The Balaban J connectivity index is 2.32. The number of nitrogens with zero attached hydrogens (tertiary/aromatic N) is 1. The zero-order chi connectivity index (χ0) is 10.9. The van der Waals surface area contributed by atoms with Crippen LogP contribution in [0.4, 0.5) is 0 Å². The van der Waals surface area contributed by atoms with Crippen molar-refractivity contribution in [3.05, 3.63) is 29.3 Å². The van der Waals surface area contributed by atoms with Gasteiger partial charge in [0.15, 0.2) is 0 Å². The van der Waals surface area contributed by atoms with Crippen LogP contribution in [-0.2, 0) is 6.42 Å². The summed E-state index contributed by atoms with van der Waals surface area (Å²) < 4.78 is 5.85. The van der Waals surface area contributed by atoms with E-state index < -0.39 is 0 Å². The standard InChI is InChI=1S/C12H15NO2/c1-12(2)6-5-10-7-9(8-13-14)3-4-11(10)15-12/h3-4,7-8,14H,5-6H2,1-2H3. The molecule has 15 heavy (non-hydrogen) atoms. The predicted octanol–water partition coefficient (Wildman–Crippen LogP) is 2.60. The van der Waals surface area contributed by atoms with E-state index in [1.54, 1.807) is 0 Å². The van der Waals surface area contributed by atoms with Gasteiger partial charge < -0.3 is 9.94 Å². The lowest BCUT2D eigenvalue weighted by Gasteiger charge is -2.32. The number of ether oxygens (including phenoxy) is 1. The van der Waals surface area contributed by atoms with Crippen LogP contribution in [0.15, 0.2) is 23.4 Å². The Labute approximate surface area is 89.4 Å². The van der Waals surface area contributed by atoms with Crippen molar-refractivity contribution in [2.24, 2.45) is 5.16 Å². The Morgan fingerprint density at radius 1 is 1.47 bits per heavy atom. The monoisotopic (exact) mass is 205 g/mol. The van der Waals surface area contributed by atoms with Gasteiger partial charge in [-0.05, 0) is 56.0 Å². The van der Waals surface area contributed by atoms with E-state index >= 15 is 0 Å². The van der Waals surface area contributed by atoms with Crippen molar-refractivity contribution in [2.45, 2.75) is 32.3 Å². The van der Waals surface area contributed by atoms with Crippen LogP contribution >= 0.6 is 0 Å². The van der Waals surface area contributed by atoms with Crippen LogP contribution < -0.4 is 4.74 Å². The van der Waals surface area contributed by atoms with Gasteiger partial charge >= 0.3 is 0 Å². The van der Waals surface area contributed by atoms with Crippen molar-refractivity contribution in [3.63, 3.8) is 0 Å². The summed E-state index contributed by atoms with van der Waals surface area (Å²) in [5, 5.41) is 11.5. The highest BCUT2D eigenvalue weighted by molar-refractivity contribution is 5.79. The van der Waals surface area contributed by atoms with E-state index in [4.69, 9.17) is 9.94 Å². The maximum Gasteiger partial charge on any atom is 0.123 e. The van der Waals surface area contributed by atoms with E-state index in [9.17, 15) is 0 Å². The number of benzene rings is 1. The number of hydrogen-bond acceptors (Lipinski definition) is 3. The molecule has 0 radical (unpaired) electrons. The smallest absolute Gasteiger partial charge is 0.123 e. The molecule has 0 saturated heterocycles. The third-order valence-electron chi connectivity index (χ3n) is 2.67. The molecular weight excluding hydrogens is 190 g/mol. The Morgan fingerprint density at radius 3 is 3.00 bits per heavy atom. The van der Waals surface area contributed by atoms with E-state index in [2.05, 4.69) is 19.0 Å². The highest BCUT2D eigenvalue weighted by Crippen LogP contribution is 2.33. The van der Waals surface area contributed by atoms with E-state index in [-0.39, 0.29) is 5.60 Å². The molecule has 0 spiro atoms. The SMILES string of the molecule is CC1(C)CCc2cc(C=NO)ccc2O1. The minimum Gasteiger partial charge on any atom is -0.488 e. The fourth-order valence-electron chi connectivity index (χ4n) is 1.83. The highest BCUT2D eigenvalue weighted by Gasteiger charge is 2.26. The number of oxime groups is 1. The Hall–Kier alpha value is -1.51. The summed E-state index contributed by atoms with van der Waals surface area (Å²) in [7, 11) is 0. The van der Waals surface area contributed by atoms with Crippen LogP contribution in [0.2, 0.25) is 0 Å². The molecule has 0 saturated carbocycles. The van der Waals surface area contributed by atoms with Gasteiger partial charge in [-0.2, -0.15) is 0 Å². The quantitative estimate of drug-likeness (QED) is 0.435. The molecule has 2 rings (SSSR count). The fraction of sp³-hybridized carbons (Fsp3) is 0.417. The first-order valence-corrected chi connectivity index (χ1v) is 5.10. The Bertz CT molecular complexity index is 397. The van der Waals surface area contributed by atoms with Gasteiger partial charge in [-0.25, -0.2) is 0 Å². The van der Waals surface area contributed by atoms with Crippen LogP contribution in [0.1, 0.15) is 31.4 Å². The van der Waals surface area contributed by atoms with Gasteiger partial charge in [-0.3, -0.25) is 0 Å². The second-order valence-corrected chi connectivity index (χ2v) is 4.47. The summed E-state index contributed by atoms with van der Waals surface area (Å²) >= 11 is 0. The molecule has 1 heterocycles. The number of aryl methyl sites for hydroxylation is 1. The zero-order valence-electron chi connectivity index (χ0n) is 9.03. The zero-order valence-corrected chi connectivity index (χ0v) is 9.03. The molecule has 0 unspecified atom stereocenters. The van der Waals surface area contributed by atoms with Crippen molar-refractivity contribution >= 4 is 6.21 Å². The van der Waals surface area contributed by atoms with Crippen LogP contribution in [0.5, 0.6) is 5.75 Å². The molecule has 0 bridgehead atoms. The van der Waals surface area contributed by atoms with E-state index in [0.717, 1.165) is 24.2 Å². The average molecular weight is 205 g/mol. The minimum atomic E-state index is -0.0699. The number of rotatable bonds is 1. The molecule has 0 amide bonds. The van der Waals surface area contributed by atoms with Crippen molar-refractivity contribution in [2.75, 3.05) is 0 Å². The Kier molecular flexibility index (Phi) is 2.39. The summed E-state index contributed by atoms with van der Waals surface area (Å²) in [6.07, 6.45) is 3.45. The number of fused-ring (bicyclic) bond motifs is 1. The van der Waals surface area contributed by atoms with E-state index in [1.807, 2.05) is 18.2 Å². The molecule has 80 valence electrons. The normalized spacial score (nSPS) is 18.5. The van der Waals surface area contributed by atoms with Crippen molar-refractivity contribution in [1.82, 2.24) is 0 Å². The van der Waals surface area contributed by atoms with E-state index in [1.165, 1.54) is 11.8 Å². The molecule has 0 atom stereocenters. The van der Waals surface area contributed by atoms with E-state index in [0.29, 0.717) is 0 Å². The molecular formula is C12H15NO2. The molecule has 0 fully saturated rings. The summed E-state index contributed by atoms with van der Waals surface area (Å²) in [5.41, 5.74) is 2.02. The molecule has 0 aliphatic carbocycles. The molecule has 1 aromatic rings. The third kappa shape index (κ3) is 2.12. The molecule has 0 aromatic heterocycles. The lowest BCUT2D eigenvalue weighted by atomic mass is 9.93. The second-order valence-electron chi connectivity index (χ2n) is 4.47. The molecule has 3 heteroatoms. The first kappa shape index (κ1) is 10.0. The van der Waals surface area contributed by atoms with Gasteiger partial charge in [-0.15, -0.1) is 0 Å². The van der Waals surface area contributed by atoms with Gasteiger partial charge in [0, 0.05) is 0 Å². The van der Waals surface area contributed by atoms with Crippen LogP contribution in [-0.4, -0.2) is 17.0 Å². The van der Waals surface area contributed by atoms with Crippen molar-refractivity contribution in [1.29, 1.82) is 0 Å². The van der Waals surface area contributed by atoms with Gasteiger partial charge in [0.25, 0.3) is 0 Å². The summed E-state index contributed by atoms with van der Waals surface area (Å²) in [5.74, 6) is 0.946. The second kappa shape index (κ2) is 3.57. The number of hydrogen-bond donors (Lipinski definition) is 1. The van der Waals surface area contributed by atoms with Crippen LogP contribution in [0, 0.1) is 0 Å². The van der Waals surface area contributed by atoms with Gasteiger partial charge in [0.05, 0.1) is 6.21 Å². The highest BCUT2D eigenvalue weighted by atomic mass is 16.5. The predicted molar refractivity (Wildman–Crippen MR) is 58.9 cm³/mol. The topological polar surface area (TPSA) is 41.8 Å². The average Bonchev–Trinajstić information content (AvgIpc) is 2.18. The van der Waals surface area contributed by atoms with Gasteiger partial charge in [-0.1, -0.05) is 5.16 Å². The first-order valence-electron chi connectivity index (χ1n) is 5.10. The summed E-state index contributed by atoms with van der Waals surface area (Å²) in [6, 6.07) is 5.83. The maximum absolute atomic E-state index is 8.45.